The summed E-state index contributed by atoms with van der Waals surface area (Å²) in [6.07, 6.45) is 3.81. The van der Waals surface area contributed by atoms with Crippen molar-refractivity contribution in [1.29, 1.82) is 0 Å². The van der Waals surface area contributed by atoms with Crippen LogP contribution in [0.5, 0.6) is 5.88 Å². The average molecular weight is 436 g/mol. The van der Waals surface area contributed by atoms with Crippen LogP contribution in [0, 0.1) is 5.41 Å². The predicted molar refractivity (Wildman–Crippen MR) is 118 cm³/mol. The van der Waals surface area contributed by atoms with Crippen LogP contribution in [-0.4, -0.2) is 56.8 Å². The molecule has 1 fully saturated rings. The quantitative estimate of drug-likeness (QED) is 0.657. The van der Waals surface area contributed by atoms with E-state index in [0.29, 0.717) is 19.0 Å². The summed E-state index contributed by atoms with van der Waals surface area (Å²) in [5.41, 5.74) is 2.14. The van der Waals surface area contributed by atoms with Crippen LogP contribution < -0.4 is 4.74 Å². The Kier molecular flexibility index (Phi) is 6.13. The molecular formula is C22H33N3O4S. The van der Waals surface area contributed by atoms with E-state index in [0.717, 1.165) is 36.1 Å². The van der Waals surface area contributed by atoms with Gasteiger partial charge in [0.2, 0.25) is 5.88 Å². The Morgan fingerprint density at radius 2 is 1.87 bits per heavy atom. The maximum absolute atomic E-state index is 12.9. The molecule has 1 saturated heterocycles. The topological polar surface area (TPSA) is 87.1 Å². The zero-order valence-electron chi connectivity index (χ0n) is 19.1. The van der Waals surface area contributed by atoms with E-state index in [1.807, 2.05) is 53.8 Å². The minimum absolute atomic E-state index is 0.254. The molecule has 0 N–H and O–H groups in total. The molecular weight excluding hydrogens is 402 g/mol. The van der Waals surface area contributed by atoms with E-state index in [2.05, 4.69) is 4.98 Å². The van der Waals surface area contributed by atoms with Crippen LogP contribution in [0.1, 0.15) is 65.5 Å². The highest BCUT2D eigenvalue weighted by molar-refractivity contribution is 7.91. The Bertz CT molecular complexity index is 834. The summed E-state index contributed by atoms with van der Waals surface area (Å²) in [6.45, 7) is 12.5. The minimum atomic E-state index is -1.38. The fourth-order valence-electron chi connectivity index (χ4n) is 3.89. The number of amides is 1. The summed E-state index contributed by atoms with van der Waals surface area (Å²) >= 11 is -1.38. The van der Waals surface area contributed by atoms with Crippen molar-refractivity contribution >= 4 is 23.2 Å². The maximum Gasteiger partial charge on any atom is 0.410 e. The Balaban J connectivity index is 1.90. The SMILES string of the molecule is COc1cc2c(cn1)CC1(CCN(C(=O)OC(C)(C)C)CC1)C2=N[S+]([O-])C(C)(C)C. The van der Waals surface area contributed by atoms with Gasteiger partial charge < -0.3 is 18.9 Å². The monoisotopic (exact) mass is 435 g/mol. The lowest BCUT2D eigenvalue weighted by molar-refractivity contribution is 0.0159. The van der Waals surface area contributed by atoms with Crippen LogP contribution in [0.4, 0.5) is 4.79 Å². The first-order valence-electron chi connectivity index (χ1n) is 10.4. The standard InChI is InChI=1S/C22H33N3O4S/c1-20(2,3)29-19(26)25-10-8-22(9-11-25)13-15-14-23-17(28-7)12-16(15)18(22)24-30(27)21(4,5)6/h12,14H,8-11,13H2,1-7H3. The van der Waals surface area contributed by atoms with Crippen molar-refractivity contribution in [2.45, 2.75) is 71.2 Å². The molecule has 2 heterocycles. The van der Waals surface area contributed by atoms with Crippen LogP contribution >= 0.6 is 0 Å². The van der Waals surface area contributed by atoms with E-state index in [1.165, 1.54) is 0 Å². The second kappa shape index (κ2) is 8.04. The first-order chi connectivity index (χ1) is 13.8. The van der Waals surface area contributed by atoms with Gasteiger partial charge in [0.1, 0.15) is 27.4 Å². The van der Waals surface area contributed by atoms with Gasteiger partial charge in [-0.3, -0.25) is 0 Å². The first-order valence-corrected chi connectivity index (χ1v) is 11.5. The van der Waals surface area contributed by atoms with Gasteiger partial charge in [0.05, 0.1) is 7.11 Å². The Morgan fingerprint density at radius 1 is 1.23 bits per heavy atom. The number of likely N-dealkylation sites (tertiary alicyclic amines) is 1. The van der Waals surface area contributed by atoms with Crippen LogP contribution in [0.15, 0.2) is 16.7 Å². The van der Waals surface area contributed by atoms with Crippen LogP contribution in [0.25, 0.3) is 0 Å². The molecule has 1 unspecified atom stereocenters. The molecule has 0 aromatic carbocycles. The third-order valence-electron chi connectivity index (χ3n) is 5.53. The van der Waals surface area contributed by atoms with Crippen molar-refractivity contribution in [3.8, 4) is 5.88 Å². The molecule has 3 rings (SSSR count). The third kappa shape index (κ3) is 4.75. The number of fused-ring (bicyclic) bond motifs is 1. The van der Waals surface area contributed by atoms with E-state index >= 15 is 0 Å². The molecule has 7 nitrogen and oxygen atoms in total. The van der Waals surface area contributed by atoms with Crippen molar-refractivity contribution in [1.82, 2.24) is 9.88 Å². The van der Waals surface area contributed by atoms with Gasteiger partial charge in [0.25, 0.3) is 0 Å². The van der Waals surface area contributed by atoms with Crippen LogP contribution in [0.2, 0.25) is 0 Å². The molecule has 30 heavy (non-hydrogen) atoms. The Labute approximate surface area is 182 Å². The summed E-state index contributed by atoms with van der Waals surface area (Å²) < 4.78 is 28.1. The molecule has 1 atom stereocenters. The van der Waals surface area contributed by atoms with Crippen LogP contribution in [0.3, 0.4) is 0 Å². The highest BCUT2D eigenvalue weighted by Crippen LogP contribution is 2.46. The van der Waals surface area contributed by atoms with Gasteiger partial charge in [-0.05, 0) is 66.4 Å². The predicted octanol–water partition coefficient (Wildman–Crippen LogP) is 3.91. The molecule has 0 saturated carbocycles. The fraction of sp³-hybridized carbons (Fsp3) is 0.682. The highest BCUT2D eigenvalue weighted by atomic mass is 32.2. The summed E-state index contributed by atoms with van der Waals surface area (Å²) in [6, 6.07) is 1.89. The fourth-order valence-corrected chi connectivity index (χ4v) is 4.63. The molecule has 8 heteroatoms. The molecule has 0 bridgehead atoms. The lowest BCUT2D eigenvalue weighted by atomic mass is 9.74. The van der Waals surface area contributed by atoms with E-state index < -0.39 is 21.7 Å². The summed E-state index contributed by atoms with van der Waals surface area (Å²) in [4.78, 5) is 18.6. The number of hydrogen-bond acceptors (Lipinski definition) is 6. The van der Waals surface area contributed by atoms with Crippen molar-refractivity contribution < 1.29 is 18.8 Å². The van der Waals surface area contributed by atoms with Crippen molar-refractivity contribution in [2.75, 3.05) is 20.2 Å². The zero-order chi connectivity index (χ0) is 22.3. The third-order valence-corrected chi connectivity index (χ3v) is 6.92. The molecule has 1 amide bonds. The van der Waals surface area contributed by atoms with Crippen LogP contribution in [-0.2, 0) is 22.5 Å². The number of ether oxygens (including phenoxy) is 2. The van der Waals surface area contributed by atoms with Gasteiger partial charge in [0, 0.05) is 36.3 Å². The maximum atomic E-state index is 12.9. The van der Waals surface area contributed by atoms with E-state index in [-0.39, 0.29) is 11.5 Å². The van der Waals surface area contributed by atoms with Crippen molar-refractivity contribution in [2.24, 2.45) is 9.81 Å². The summed E-state index contributed by atoms with van der Waals surface area (Å²) in [7, 11) is 1.59. The molecule has 1 aliphatic heterocycles. The smallest absolute Gasteiger partial charge is 0.410 e. The Morgan fingerprint density at radius 3 is 2.40 bits per heavy atom. The number of pyridine rings is 1. The molecule has 1 aromatic heterocycles. The summed E-state index contributed by atoms with van der Waals surface area (Å²) in [5.74, 6) is 0.520. The number of hydrogen-bond donors (Lipinski definition) is 0. The second-order valence-corrected chi connectivity index (χ2v) is 12.0. The first kappa shape index (κ1) is 22.9. The molecule has 1 aliphatic carbocycles. The minimum Gasteiger partial charge on any atom is -0.591 e. The second-order valence-electron chi connectivity index (χ2n) is 10.1. The number of carbonyl (C=O) groups excluding carboxylic acids is 1. The number of rotatable bonds is 2. The molecule has 2 aliphatic rings. The number of aromatic nitrogens is 1. The Hall–Kier alpha value is -1.80. The lowest BCUT2D eigenvalue weighted by Crippen LogP contribution is -2.47. The largest absolute Gasteiger partial charge is 0.591 e. The van der Waals surface area contributed by atoms with Crippen molar-refractivity contribution in [3.63, 3.8) is 0 Å². The van der Waals surface area contributed by atoms with Gasteiger partial charge in [-0.25, -0.2) is 9.78 Å². The average Bonchev–Trinajstić information content (AvgIpc) is 2.92. The van der Waals surface area contributed by atoms with Gasteiger partial charge in [0.15, 0.2) is 0 Å². The molecule has 1 aromatic rings. The van der Waals surface area contributed by atoms with E-state index in [4.69, 9.17) is 13.9 Å². The molecule has 0 radical (unpaired) electrons. The number of methoxy groups -OCH3 is 1. The van der Waals surface area contributed by atoms with Crippen molar-refractivity contribution in [3.05, 3.63) is 23.4 Å². The van der Waals surface area contributed by atoms with E-state index in [9.17, 15) is 9.35 Å². The number of carbonyl (C=O) groups is 1. The molecule has 1 spiro atoms. The lowest BCUT2D eigenvalue weighted by Gasteiger charge is -2.39. The number of piperidine rings is 1. The zero-order valence-corrected chi connectivity index (χ0v) is 19.9. The normalized spacial score (nSPS) is 20.9. The van der Waals surface area contributed by atoms with Gasteiger partial charge >= 0.3 is 6.09 Å². The van der Waals surface area contributed by atoms with E-state index in [1.54, 1.807) is 12.0 Å². The summed E-state index contributed by atoms with van der Waals surface area (Å²) in [5, 5.41) is 0. The highest BCUT2D eigenvalue weighted by Gasteiger charge is 2.48. The molecule has 166 valence electrons. The number of nitrogens with zero attached hydrogens (tertiary/aromatic N) is 3. The van der Waals surface area contributed by atoms with Gasteiger partial charge in [-0.15, -0.1) is 0 Å². The van der Waals surface area contributed by atoms with Gasteiger partial charge in [-0.1, -0.05) is 4.40 Å². The van der Waals surface area contributed by atoms with Gasteiger partial charge in [-0.2, -0.15) is 0 Å².